The highest BCUT2D eigenvalue weighted by Gasteiger charge is 2.27. The molecule has 1 aliphatic rings. The maximum Gasteiger partial charge on any atom is 0.322 e. The van der Waals surface area contributed by atoms with Crippen molar-refractivity contribution in [2.24, 2.45) is 0 Å². The standard InChI is InChI=1S/C18H14N4O3S2/c1-26-10-6-7-11-15(8-10)27-18(19-11)20-17-22-21-16(25-17)14-9-23-12-4-2-3-5-13(12)24-14/h2-8,14H,9H2,1H3,(H,19,20,22)/t14-/m0/s1. The van der Waals surface area contributed by atoms with Gasteiger partial charge >= 0.3 is 6.01 Å². The SMILES string of the molecule is CSc1ccc2nc(Nc3nnc([C@@H]4COc5ccccc5O4)o3)sc2c1. The number of aromatic nitrogens is 3. The van der Waals surface area contributed by atoms with Crippen LogP contribution in [-0.2, 0) is 0 Å². The third-order valence-corrected chi connectivity index (χ3v) is 5.69. The summed E-state index contributed by atoms with van der Waals surface area (Å²) >= 11 is 3.24. The molecule has 136 valence electrons. The number of anilines is 2. The summed E-state index contributed by atoms with van der Waals surface area (Å²) in [5, 5.41) is 11.9. The van der Waals surface area contributed by atoms with Crippen LogP contribution in [0.5, 0.6) is 11.5 Å². The highest BCUT2D eigenvalue weighted by Crippen LogP contribution is 2.36. The van der Waals surface area contributed by atoms with Crippen LogP contribution in [0.2, 0.25) is 0 Å². The summed E-state index contributed by atoms with van der Waals surface area (Å²) in [6, 6.07) is 14.0. The molecule has 2 aromatic carbocycles. The molecule has 27 heavy (non-hydrogen) atoms. The number of nitrogens with zero attached hydrogens (tertiary/aromatic N) is 3. The Labute approximate surface area is 162 Å². The van der Waals surface area contributed by atoms with E-state index in [4.69, 9.17) is 13.9 Å². The Morgan fingerprint density at radius 1 is 1.15 bits per heavy atom. The zero-order valence-corrected chi connectivity index (χ0v) is 15.8. The molecule has 1 atom stereocenters. The number of hydrogen-bond acceptors (Lipinski definition) is 9. The lowest BCUT2D eigenvalue weighted by molar-refractivity contribution is 0.0718. The van der Waals surface area contributed by atoms with E-state index in [9.17, 15) is 0 Å². The molecule has 1 aliphatic heterocycles. The van der Waals surface area contributed by atoms with Gasteiger partial charge in [-0.25, -0.2) is 4.98 Å². The lowest BCUT2D eigenvalue weighted by Gasteiger charge is -2.23. The molecule has 0 fully saturated rings. The minimum absolute atomic E-state index is 0.275. The normalized spacial score (nSPS) is 15.8. The first-order valence-electron chi connectivity index (χ1n) is 8.22. The van der Waals surface area contributed by atoms with E-state index in [-0.39, 0.29) is 6.01 Å². The van der Waals surface area contributed by atoms with Gasteiger partial charge in [0.15, 0.2) is 16.6 Å². The number of rotatable bonds is 4. The van der Waals surface area contributed by atoms with Crippen LogP contribution in [0.25, 0.3) is 10.2 Å². The fraction of sp³-hybridized carbons (Fsp3) is 0.167. The van der Waals surface area contributed by atoms with Crippen molar-refractivity contribution in [2.45, 2.75) is 11.0 Å². The molecule has 4 aromatic rings. The predicted molar refractivity (Wildman–Crippen MR) is 104 cm³/mol. The van der Waals surface area contributed by atoms with Crippen LogP contribution in [0.15, 0.2) is 51.8 Å². The third-order valence-electron chi connectivity index (χ3n) is 4.03. The molecule has 1 N–H and O–H groups in total. The minimum atomic E-state index is -0.442. The Morgan fingerprint density at radius 2 is 2.04 bits per heavy atom. The average molecular weight is 398 g/mol. The number of thiazole rings is 1. The van der Waals surface area contributed by atoms with Crippen LogP contribution >= 0.6 is 23.1 Å². The number of hydrogen-bond donors (Lipinski definition) is 1. The van der Waals surface area contributed by atoms with Gasteiger partial charge in [0.2, 0.25) is 6.10 Å². The second kappa shape index (κ2) is 6.75. The Hall–Kier alpha value is -2.78. The largest absolute Gasteiger partial charge is 0.485 e. The number of ether oxygens (including phenoxy) is 2. The zero-order valence-electron chi connectivity index (χ0n) is 14.2. The Morgan fingerprint density at radius 3 is 2.93 bits per heavy atom. The van der Waals surface area contributed by atoms with Gasteiger partial charge in [-0.3, -0.25) is 5.32 Å². The molecule has 3 heterocycles. The number of nitrogens with one attached hydrogen (secondary N) is 1. The number of fused-ring (bicyclic) bond motifs is 2. The molecule has 0 radical (unpaired) electrons. The van der Waals surface area contributed by atoms with Crippen molar-refractivity contribution in [1.29, 1.82) is 0 Å². The topological polar surface area (TPSA) is 82.3 Å². The summed E-state index contributed by atoms with van der Waals surface area (Å²) in [4.78, 5) is 5.75. The molecule has 2 aromatic heterocycles. The van der Waals surface area contributed by atoms with Crippen LogP contribution in [0.1, 0.15) is 12.0 Å². The summed E-state index contributed by atoms with van der Waals surface area (Å²) in [5.41, 5.74) is 0.931. The molecule has 9 heteroatoms. The van der Waals surface area contributed by atoms with Gasteiger partial charge in [0, 0.05) is 4.90 Å². The molecular formula is C18H14N4O3S2. The number of thioether (sulfide) groups is 1. The van der Waals surface area contributed by atoms with Gasteiger partial charge in [0.25, 0.3) is 5.89 Å². The van der Waals surface area contributed by atoms with Crippen molar-refractivity contribution in [3.8, 4) is 11.5 Å². The molecular weight excluding hydrogens is 384 g/mol. The Balaban J connectivity index is 1.34. The van der Waals surface area contributed by atoms with E-state index in [2.05, 4.69) is 38.9 Å². The third kappa shape index (κ3) is 3.19. The zero-order chi connectivity index (χ0) is 18.2. The van der Waals surface area contributed by atoms with E-state index in [0.717, 1.165) is 10.2 Å². The summed E-state index contributed by atoms with van der Waals surface area (Å²) in [5.74, 6) is 1.74. The van der Waals surface area contributed by atoms with E-state index in [1.807, 2.05) is 30.3 Å². The molecule has 0 amide bonds. The van der Waals surface area contributed by atoms with Crippen LogP contribution in [0.4, 0.5) is 11.1 Å². The summed E-state index contributed by atoms with van der Waals surface area (Å²) in [7, 11) is 0. The van der Waals surface area contributed by atoms with Crippen molar-refractivity contribution < 1.29 is 13.9 Å². The highest BCUT2D eigenvalue weighted by atomic mass is 32.2. The van der Waals surface area contributed by atoms with Gasteiger partial charge < -0.3 is 13.9 Å². The van der Waals surface area contributed by atoms with E-state index in [1.54, 1.807) is 11.8 Å². The number of benzene rings is 2. The summed E-state index contributed by atoms with van der Waals surface area (Å²) in [6.07, 6.45) is 1.61. The minimum Gasteiger partial charge on any atom is -0.485 e. The van der Waals surface area contributed by atoms with Crippen LogP contribution < -0.4 is 14.8 Å². The predicted octanol–water partition coefficient (Wildman–Crippen LogP) is 4.66. The first kappa shape index (κ1) is 16.4. The van der Waals surface area contributed by atoms with Gasteiger partial charge in [0.05, 0.1) is 10.2 Å². The fourth-order valence-electron chi connectivity index (χ4n) is 2.73. The molecule has 0 unspecified atom stereocenters. The molecule has 0 saturated heterocycles. The highest BCUT2D eigenvalue weighted by molar-refractivity contribution is 7.98. The van der Waals surface area contributed by atoms with E-state index in [1.165, 1.54) is 16.2 Å². The molecule has 0 aliphatic carbocycles. The van der Waals surface area contributed by atoms with Gasteiger partial charge in [-0.15, -0.1) is 16.9 Å². The second-order valence-corrected chi connectivity index (χ2v) is 7.70. The van der Waals surface area contributed by atoms with Crippen LogP contribution in [0.3, 0.4) is 0 Å². The van der Waals surface area contributed by atoms with Crippen molar-refractivity contribution in [3.63, 3.8) is 0 Å². The van der Waals surface area contributed by atoms with Crippen molar-refractivity contribution in [2.75, 3.05) is 18.2 Å². The number of para-hydroxylation sites is 2. The van der Waals surface area contributed by atoms with Gasteiger partial charge in [-0.2, -0.15) is 0 Å². The smallest absolute Gasteiger partial charge is 0.322 e. The molecule has 0 spiro atoms. The van der Waals surface area contributed by atoms with E-state index >= 15 is 0 Å². The molecule has 5 rings (SSSR count). The molecule has 7 nitrogen and oxygen atoms in total. The van der Waals surface area contributed by atoms with Crippen molar-refractivity contribution in [3.05, 3.63) is 48.4 Å². The second-order valence-electron chi connectivity index (χ2n) is 5.79. The Kier molecular flexibility index (Phi) is 4.10. The van der Waals surface area contributed by atoms with Crippen LogP contribution in [0, 0.1) is 0 Å². The molecule has 0 bridgehead atoms. The fourth-order valence-corrected chi connectivity index (χ4v) is 4.14. The van der Waals surface area contributed by atoms with Gasteiger partial charge in [0.1, 0.15) is 6.61 Å². The lowest BCUT2D eigenvalue weighted by Crippen LogP contribution is -2.21. The van der Waals surface area contributed by atoms with E-state index in [0.29, 0.717) is 29.1 Å². The van der Waals surface area contributed by atoms with Crippen LogP contribution in [-0.4, -0.2) is 28.0 Å². The lowest BCUT2D eigenvalue weighted by atomic mass is 10.2. The van der Waals surface area contributed by atoms with Crippen molar-refractivity contribution in [1.82, 2.24) is 15.2 Å². The quantitative estimate of drug-likeness (QED) is 0.497. The monoisotopic (exact) mass is 398 g/mol. The first-order valence-corrected chi connectivity index (χ1v) is 10.3. The van der Waals surface area contributed by atoms with Gasteiger partial charge in [-0.05, 0) is 36.6 Å². The van der Waals surface area contributed by atoms with Crippen molar-refractivity contribution >= 4 is 44.5 Å². The Bertz CT molecular complexity index is 1110. The summed E-state index contributed by atoms with van der Waals surface area (Å²) < 4.78 is 18.4. The summed E-state index contributed by atoms with van der Waals surface area (Å²) in [6.45, 7) is 0.317. The average Bonchev–Trinajstić information content (AvgIpc) is 3.33. The first-order chi connectivity index (χ1) is 13.3. The maximum atomic E-state index is 5.89. The van der Waals surface area contributed by atoms with Gasteiger partial charge in [-0.1, -0.05) is 28.6 Å². The molecule has 0 saturated carbocycles. The van der Waals surface area contributed by atoms with E-state index < -0.39 is 6.10 Å². The maximum absolute atomic E-state index is 5.89.